The first-order valence-corrected chi connectivity index (χ1v) is 10.2. The van der Waals surface area contributed by atoms with Crippen LogP contribution in [-0.2, 0) is 19.1 Å². The number of aliphatic imine (C=N–C) groups is 1. The summed E-state index contributed by atoms with van der Waals surface area (Å²) >= 11 is 1.55. The fourth-order valence-corrected chi connectivity index (χ4v) is 4.86. The molecule has 0 aliphatic heterocycles. The third kappa shape index (κ3) is 4.48. The Balaban J connectivity index is 2.17. The first-order valence-electron chi connectivity index (χ1n) is 9.17. The highest BCUT2D eigenvalue weighted by molar-refractivity contribution is 8.00. The Morgan fingerprint density at radius 3 is 1.66 bits per heavy atom. The van der Waals surface area contributed by atoms with Gasteiger partial charge in [-0.2, -0.15) is 4.99 Å². The molecule has 3 aromatic carbocycles. The minimum Gasteiger partial charge on any atom is -0.467 e. The molecule has 0 heterocycles. The number of carbonyl (C=O) groups is 1. The maximum atomic E-state index is 12.1. The Kier molecular flexibility index (Phi) is 7.01. The van der Waals surface area contributed by atoms with Crippen LogP contribution in [0, 0.1) is 0 Å². The van der Waals surface area contributed by atoms with Crippen LogP contribution in [0.3, 0.4) is 0 Å². The van der Waals surface area contributed by atoms with Crippen LogP contribution in [-0.4, -0.2) is 31.0 Å². The number of carbonyl (C=O) groups excluding carboxylic acids is 2. The minimum atomic E-state index is -0.919. The molecule has 0 aromatic heterocycles. The van der Waals surface area contributed by atoms with E-state index in [2.05, 4.69) is 41.4 Å². The maximum Gasteiger partial charge on any atom is 0.332 e. The number of benzene rings is 3. The van der Waals surface area contributed by atoms with Crippen molar-refractivity contribution in [1.29, 1.82) is 0 Å². The molecular formula is C24H21NO3S. The summed E-state index contributed by atoms with van der Waals surface area (Å²) in [6, 6.07) is 29.4. The van der Waals surface area contributed by atoms with Crippen molar-refractivity contribution >= 4 is 23.8 Å². The molecule has 0 bridgehead atoms. The molecular weight excluding hydrogens is 382 g/mol. The normalized spacial score (nSPS) is 11.9. The van der Waals surface area contributed by atoms with E-state index in [1.54, 1.807) is 11.8 Å². The molecule has 0 aliphatic carbocycles. The number of isocyanates is 1. The van der Waals surface area contributed by atoms with Crippen molar-refractivity contribution in [2.75, 3.05) is 12.9 Å². The lowest BCUT2D eigenvalue weighted by atomic mass is 9.84. The molecule has 0 aliphatic rings. The molecule has 1 atom stereocenters. The van der Waals surface area contributed by atoms with Crippen molar-refractivity contribution in [3.05, 3.63) is 108 Å². The highest BCUT2D eigenvalue weighted by Crippen LogP contribution is 2.48. The molecule has 0 unspecified atom stereocenters. The number of rotatable bonds is 8. The van der Waals surface area contributed by atoms with Gasteiger partial charge in [-0.3, -0.25) is 0 Å². The standard InChI is InChI=1S/C24H21NO3S/c1-28-23(27)22(25-18-26)17-29-24(19-11-5-2-6-12-19,20-13-7-3-8-14-20)21-15-9-4-10-16-21/h2-16,22H,17H2,1H3/t22-/m0/s1. The van der Waals surface area contributed by atoms with Crippen molar-refractivity contribution in [1.82, 2.24) is 0 Å². The van der Waals surface area contributed by atoms with Crippen LogP contribution < -0.4 is 0 Å². The Morgan fingerprint density at radius 1 is 0.897 bits per heavy atom. The predicted molar refractivity (Wildman–Crippen MR) is 116 cm³/mol. The van der Waals surface area contributed by atoms with Crippen molar-refractivity contribution in [2.24, 2.45) is 4.99 Å². The van der Waals surface area contributed by atoms with E-state index in [1.807, 2.05) is 54.6 Å². The van der Waals surface area contributed by atoms with Gasteiger partial charge in [0.05, 0.1) is 11.9 Å². The largest absolute Gasteiger partial charge is 0.467 e. The number of hydrogen-bond donors (Lipinski definition) is 0. The van der Waals surface area contributed by atoms with E-state index in [0.29, 0.717) is 0 Å². The number of methoxy groups -OCH3 is 1. The number of nitrogens with zero attached hydrogens (tertiary/aromatic N) is 1. The second-order valence-electron chi connectivity index (χ2n) is 6.35. The number of thioether (sulfide) groups is 1. The van der Waals surface area contributed by atoms with E-state index in [1.165, 1.54) is 13.2 Å². The quantitative estimate of drug-likeness (QED) is 0.239. The lowest BCUT2D eigenvalue weighted by Gasteiger charge is -2.36. The van der Waals surface area contributed by atoms with Gasteiger partial charge in [-0.05, 0) is 16.7 Å². The Bertz CT molecular complexity index is 874. The second-order valence-corrected chi connectivity index (χ2v) is 7.58. The molecule has 29 heavy (non-hydrogen) atoms. The Labute approximate surface area is 174 Å². The van der Waals surface area contributed by atoms with Crippen LogP contribution in [0.15, 0.2) is 96.0 Å². The van der Waals surface area contributed by atoms with E-state index < -0.39 is 16.8 Å². The summed E-state index contributed by atoms with van der Waals surface area (Å²) in [6.45, 7) is 0. The van der Waals surface area contributed by atoms with E-state index in [4.69, 9.17) is 4.74 Å². The highest BCUT2D eigenvalue weighted by atomic mass is 32.2. The van der Waals surface area contributed by atoms with Gasteiger partial charge in [0.15, 0.2) is 6.04 Å². The summed E-state index contributed by atoms with van der Waals surface area (Å²) in [7, 11) is 1.29. The molecule has 4 nitrogen and oxygen atoms in total. The zero-order chi connectivity index (χ0) is 20.5. The van der Waals surface area contributed by atoms with Gasteiger partial charge in [0, 0.05) is 5.75 Å². The maximum absolute atomic E-state index is 12.1. The van der Waals surface area contributed by atoms with E-state index in [0.717, 1.165) is 16.7 Å². The molecule has 3 aromatic rings. The van der Waals surface area contributed by atoms with Crippen LogP contribution >= 0.6 is 11.8 Å². The van der Waals surface area contributed by atoms with Gasteiger partial charge in [-0.15, -0.1) is 11.8 Å². The third-order valence-corrected chi connectivity index (χ3v) is 6.30. The highest BCUT2D eigenvalue weighted by Gasteiger charge is 2.38. The molecule has 0 saturated carbocycles. The van der Waals surface area contributed by atoms with Crippen molar-refractivity contribution in [2.45, 2.75) is 10.8 Å². The van der Waals surface area contributed by atoms with Gasteiger partial charge in [0.25, 0.3) is 0 Å². The molecule has 0 spiro atoms. The average Bonchev–Trinajstić information content (AvgIpc) is 2.80. The average molecular weight is 404 g/mol. The van der Waals surface area contributed by atoms with Crippen LogP contribution in [0.2, 0.25) is 0 Å². The van der Waals surface area contributed by atoms with Crippen LogP contribution in [0.25, 0.3) is 0 Å². The fourth-order valence-electron chi connectivity index (χ4n) is 3.33. The summed E-state index contributed by atoms with van der Waals surface area (Å²) in [4.78, 5) is 26.7. The molecule has 0 radical (unpaired) electrons. The van der Waals surface area contributed by atoms with Gasteiger partial charge in [0.1, 0.15) is 0 Å². The SMILES string of the molecule is COC(=O)[C@H](CSC(c1ccccc1)(c1ccccc1)c1ccccc1)N=C=O. The van der Waals surface area contributed by atoms with E-state index in [9.17, 15) is 9.59 Å². The van der Waals surface area contributed by atoms with Crippen molar-refractivity contribution in [3.63, 3.8) is 0 Å². The van der Waals surface area contributed by atoms with Gasteiger partial charge in [-0.1, -0.05) is 91.0 Å². The van der Waals surface area contributed by atoms with Gasteiger partial charge < -0.3 is 4.74 Å². The number of ether oxygens (including phenoxy) is 1. The predicted octanol–water partition coefficient (Wildman–Crippen LogP) is 4.59. The zero-order valence-corrected chi connectivity index (χ0v) is 16.8. The van der Waals surface area contributed by atoms with E-state index in [-0.39, 0.29) is 5.75 Å². The fraction of sp³-hybridized carbons (Fsp3) is 0.167. The van der Waals surface area contributed by atoms with Crippen molar-refractivity contribution < 1.29 is 14.3 Å². The number of esters is 1. The van der Waals surface area contributed by atoms with Gasteiger partial charge >= 0.3 is 5.97 Å². The van der Waals surface area contributed by atoms with Gasteiger partial charge in [-0.25, -0.2) is 9.59 Å². The smallest absolute Gasteiger partial charge is 0.332 e. The Morgan fingerprint density at radius 2 is 1.31 bits per heavy atom. The molecule has 0 saturated heterocycles. The third-order valence-electron chi connectivity index (χ3n) is 4.68. The molecule has 0 amide bonds. The summed E-state index contributed by atoms with van der Waals surface area (Å²) in [5, 5.41) is 0. The molecule has 5 heteroatoms. The molecule has 0 fully saturated rings. The first kappa shape index (κ1) is 20.6. The van der Waals surface area contributed by atoms with Gasteiger partial charge in [0.2, 0.25) is 6.08 Å². The molecule has 146 valence electrons. The molecule has 0 N–H and O–H groups in total. The first-order chi connectivity index (χ1) is 14.2. The van der Waals surface area contributed by atoms with Crippen molar-refractivity contribution in [3.8, 4) is 0 Å². The summed E-state index contributed by atoms with van der Waals surface area (Å²) in [5.41, 5.74) is 3.21. The topological polar surface area (TPSA) is 55.7 Å². The second kappa shape index (κ2) is 9.87. The van der Waals surface area contributed by atoms with E-state index >= 15 is 0 Å². The Hall–Kier alpha value is -3.14. The van der Waals surface area contributed by atoms with Crippen LogP contribution in [0.4, 0.5) is 0 Å². The van der Waals surface area contributed by atoms with Crippen LogP contribution in [0.1, 0.15) is 16.7 Å². The summed E-state index contributed by atoms with van der Waals surface area (Å²) in [5.74, 6) is -0.287. The summed E-state index contributed by atoms with van der Waals surface area (Å²) in [6.07, 6.45) is 1.50. The lowest BCUT2D eigenvalue weighted by Crippen LogP contribution is -2.30. The lowest BCUT2D eigenvalue weighted by molar-refractivity contribution is -0.141. The number of hydrogen-bond acceptors (Lipinski definition) is 5. The zero-order valence-electron chi connectivity index (χ0n) is 16.0. The summed E-state index contributed by atoms with van der Waals surface area (Å²) < 4.78 is 4.23. The molecule has 3 rings (SSSR count). The monoisotopic (exact) mass is 403 g/mol. The van der Waals surface area contributed by atoms with Crippen LogP contribution in [0.5, 0.6) is 0 Å². The minimum absolute atomic E-state index is 0.264.